The summed E-state index contributed by atoms with van der Waals surface area (Å²) in [6, 6.07) is 0. The third-order valence-electron chi connectivity index (χ3n) is 3.59. The van der Waals surface area contributed by atoms with Crippen LogP contribution in [0.4, 0.5) is 0 Å². The number of nitrogens with one attached hydrogen (secondary N) is 1. The highest BCUT2D eigenvalue weighted by Crippen LogP contribution is 2.05. The van der Waals surface area contributed by atoms with E-state index in [9.17, 15) is 9.59 Å². The van der Waals surface area contributed by atoms with E-state index in [0.29, 0.717) is 0 Å². The molecule has 1 rings (SSSR count). The molecule has 1 heterocycles. The van der Waals surface area contributed by atoms with E-state index in [2.05, 4.69) is 10.2 Å². The van der Waals surface area contributed by atoms with Crippen molar-refractivity contribution >= 4 is 11.8 Å². The lowest BCUT2D eigenvalue weighted by Crippen LogP contribution is -2.48. The Hall–Kier alpha value is -1.10. The molecule has 1 fully saturated rings. The zero-order chi connectivity index (χ0) is 14.1. The van der Waals surface area contributed by atoms with Crippen molar-refractivity contribution in [2.75, 3.05) is 39.3 Å². The van der Waals surface area contributed by atoms with Crippen LogP contribution < -0.4 is 5.32 Å². The third-order valence-corrected chi connectivity index (χ3v) is 3.59. The molecule has 110 valence electrons. The van der Waals surface area contributed by atoms with E-state index < -0.39 is 0 Å². The summed E-state index contributed by atoms with van der Waals surface area (Å²) >= 11 is 0. The van der Waals surface area contributed by atoms with Crippen LogP contribution in [0.3, 0.4) is 0 Å². The Morgan fingerprint density at radius 2 is 1.58 bits per heavy atom. The average Bonchev–Trinajstić information content (AvgIpc) is 2.38. The Bertz CT molecular complexity index is 286. The lowest BCUT2D eigenvalue weighted by atomic mass is 10.2. The quantitative estimate of drug-likeness (QED) is 0.697. The monoisotopic (exact) mass is 269 g/mol. The van der Waals surface area contributed by atoms with Crippen LogP contribution in [0.15, 0.2) is 0 Å². The van der Waals surface area contributed by atoms with Crippen molar-refractivity contribution in [1.29, 1.82) is 0 Å². The molecule has 1 N–H and O–H groups in total. The highest BCUT2D eigenvalue weighted by atomic mass is 16.2. The maximum atomic E-state index is 11.2. The second-order valence-electron chi connectivity index (χ2n) is 5.24. The molecule has 1 aliphatic heterocycles. The molecule has 0 aromatic carbocycles. The van der Waals surface area contributed by atoms with Crippen LogP contribution in [-0.2, 0) is 9.59 Å². The third kappa shape index (κ3) is 7.15. The largest absolute Gasteiger partial charge is 0.356 e. The molecule has 19 heavy (non-hydrogen) atoms. The molecule has 0 spiro atoms. The number of nitrogens with zero attached hydrogens (tertiary/aromatic N) is 2. The minimum absolute atomic E-state index is 0.0587. The van der Waals surface area contributed by atoms with E-state index in [-0.39, 0.29) is 11.8 Å². The first-order valence-electron chi connectivity index (χ1n) is 7.32. The van der Waals surface area contributed by atoms with Gasteiger partial charge in [0.1, 0.15) is 0 Å². The summed E-state index contributed by atoms with van der Waals surface area (Å²) in [7, 11) is 0. The zero-order valence-electron chi connectivity index (χ0n) is 12.3. The van der Waals surface area contributed by atoms with Gasteiger partial charge in [-0.3, -0.25) is 14.5 Å². The van der Waals surface area contributed by atoms with E-state index in [0.717, 1.165) is 45.7 Å². The maximum absolute atomic E-state index is 11.2. The van der Waals surface area contributed by atoms with Gasteiger partial charge in [-0.25, -0.2) is 0 Å². The molecule has 0 aliphatic carbocycles. The first-order valence-corrected chi connectivity index (χ1v) is 7.32. The Balaban J connectivity index is 1.93. The smallest absolute Gasteiger partial charge is 0.219 e. The van der Waals surface area contributed by atoms with Crippen molar-refractivity contribution in [3.63, 3.8) is 0 Å². The van der Waals surface area contributed by atoms with Crippen LogP contribution in [0.25, 0.3) is 0 Å². The lowest BCUT2D eigenvalue weighted by Gasteiger charge is -2.34. The highest BCUT2D eigenvalue weighted by Gasteiger charge is 2.17. The van der Waals surface area contributed by atoms with Gasteiger partial charge in [0.15, 0.2) is 0 Å². The van der Waals surface area contributed by atoms with Gasteiger partial charge in [-0.15, -0.1) is 0 Å². The molecule has 0 unspecified atom stereocenters. The number of carbonyl (C=O) groups is 2. The summed E-state index contributed by atoms with van der Waals surface area (Å²) < 4.78 is 0. The fraction of sp³-hybridized carbons (Fsp3) is 0.857. The van der Waals surface area contributed by atoms with Crippen molar-refractivity contribution in [2.24, 2.45) is 0 Å². The van der Waals surface area contributed by atoms with Crippen LogP contribution in [0, 0.1) is 0 Å². The topological polar surface area (TPSA) is 52.7 Å². The summed E-state index contributed by atoms with van der Waals surface area (Å²) in [5, 5.41) is 2.81. The molecule has 0 bridgehead atoms. The van der Waals surface area contributed by atoms with Crippen molar-refractivity contribution in [1.82, 2.24) is 15.1 Å². The second-order valence-corrected chi connectivity index (χ2v) is 5.24. The van der Waals surface area contributed by atoms with Gasteiger partial charge in [-0.05, 0) is 19.4 Å². The van der Waals surface area contributed by atoms with Crippen molar-refractivity contribution in [3.05, 3.63) is 0 Å². The van der Waals surface area contributed by atoms with E-state index in [4.69, 9.17) is 0 Å². The Morgan fingerprint density at radius 3 is 2.16 bits per heavy atom. The van der Waals surface area contributed by atoms with Gasteiger partial charge in [0.25, 0.3) is 0 Å². The van der Waals surface area contributed by atoms with Gasteiger partial charge in [0.2, 0.25) is 11.8 Å². The van der Waals surface area contributed by atoms with Gasteiger partial charge in [-0.1, -0.05) is 12.8 Å². The Kier molecular flexibility index (Phi) is 7.48. The van der Waals surface area contributed by atoms with Gasteiger partial charge in [0, 0.05) is 46.6 Å². The minimum atomic E-state index is 0.0587. The van der Waals surface area contributed by atoms with Crippen LogP contribution in [0.2, 0.25) is 0 Å². The van der Waals surface area contributed by atoms with Gasteiger partial charge in [-0.2, -0.15) is 0 Å². The number of unbranched alkanes of at least 4 members (excludes halogenated alkanes) is 3. The van der Waals surface area contributed by atoms with Gasteiger partial charge >= 0.3 is 0 Å². The number of amides is 2. The summed E-state index contributed by atoms with van der Waals surface area (Å²) in [5.74, 6) is 0.251. The predicted octanol–water partition coefficient (Wildman–Crippen LogP) is 0.847. The molecule has 0 aromatic rings. The highest BCUT2D eigenvalue weighted by molar-refractivity contribution is 5.73. The summed E-state index contributed by atoms with van der Waals surface area (Å²) in [4.78, 5) is 26.2. The summed E-state index contributed by atoms with van der Waals surface area (Å²) in [5.41, 5.74) is 0. The Labute approximate surface area is 116 Å². The minimum Gasteiger partial charge on any atom is -0.356 e. The molecule has 0 saturated carbocycles. The number of hydrogen-bond donors (Lipinski definition) is 1. The molecule has 1 saturated heterocycles. The molecule has 5 nitrogen and oxygen atoms in total. The molecular weight excluding hydrogens is 242 g/mol. The molecule has 1 aliphatic rings. The SMILES string of the molecule is CC(=O)NCCCCCCN1CCN(C(C)=O)CC1. The fourth-order valence-electron chi connectivity index (χ4n) is 2.36. The number of carbonyl (C=O) groups excluding carboxylic acids is 2. The van der Waals surface area contributed by atoms with Crippen molar-refractivity contribution < 1.29 is 9.59 Å². The lowest BCUT2D eigenvalue weighted by molar-refractivity contribution is -0.130. The van der Waals surface area contributed by atoms with Crippen molar-refractivity contribution in [3.8, 4) is 0 Å². The summed E-state index contributed by atoms with van der Waals surface area (Å²) in [6.45, 7) is 8.89. The van der Waals surface area contributed by atoms with Crippen LogP contribution in [0.5, 0.6) is 0 Å². The molecular formula is C14H27N3O2. The molecule has 0 atom stereocenters. The van der Waals surface area contributed by atoms with Crippen LogP contribution in [-0.4, -0.2) is 60.9 Å². The van der Waals surface area contributed by atoms with E-state index in [1.54, 1.807) is 13.8 Å². The normalized spacial score (nSPS) is 16.4. The predicted molar refractivity (Wildman–Crippen MR) is 75.8 cm³/mol. The second kappa shape index (κ2) is 8.91. The molecule has 0 aromatic heterocycles. The fourth-order valence-corrected chi connectivity index (χ4v) is 2.36. The van der Waals surface area contributed by atoms with Crippen LogP contribution in [0.1, 0.15) is 39.5 Å². The van der Waals surface area contributed by atoms with Gasteiger partial charge in [0.05, 0.1) is 0 Å². The van der Waals surface area contributed by atoms with Crippen LogP contribution >= 0.6 is 0 Å². The van der Waals surface area contributed by atoms with E-state index >= 15 is 0 Å². The zero-order valence-corrected chi connectivity index (χ0v) is 12.3. The number of piperazine rings is 1. The number of hydrogen-bond acceptors (Lipinski definition) is 3. The number of rotatable bonds is 7. The first kappa shape index (κ1) is 16.0. The Morgan fingerprint density at radius 1 is 0.947 bits per heavy atom. The van der Waals surface area contributed by atoms with Gasteiger partial charge < -0.3 is 10.2 Å². The van der Waals surface area contributed by atoms with E-state index in [1.165, 1.54) is 19.3 Å². The molecule has 5 heteroatoms. The first-order chi connectivity index (χ1) is 9.09. The molecule has 2 amide bonds. The molecule has 0 radical (unpaired) electrons. The standard InChI is InChI=1S/C14H27N3O2/c1-13(18)15-7-5-3-4-6-8-16-9-11-17(12-10-16)14(2)19/h3-12H2,1-2H3,(H,15,18). The average molecular weight is 269 g/mol. The van der Waals surface area contributed by atoms with E-state index in [1.807, 2.05) is 4.90 Å². The maximum Gasteiger partial charge on any atom is 0.219 e. The summed E-state index contributed by atoms with van der Waals surface area (Å²) in [6.07, 6.45) is 4.66. The van der Waals surface area contributed by atoms with Crippen molar-refractivity contribution in [2.45, 2.75) is 39.5 Å².